The number of hydrogen-bond donors (Lipinski definition) is 0. The lowest BCUT2D eigenvalue weighted by Crippen LogP contribution is -1.92. The number of hydrogen-bond acceptors (Lipinski definition) is 1. The molecule has 1 aromatic heterocycles. The molecule has 16 heavy (non-hydrogen) atoms. The van der Waals surface area contributed by atoms with Gasteiger partial charge in [-0.2, -0.15) is 0 Å². The van der Waals surface area contributed by atoms with Gasteiger partial charge in [-0.05, 0) is 44.2 Å². The summed E-state index contributed by atoms with van der Waals surface area (Å²) >= 11 is 2.04. The topological polar surface area (TPSA) is 0 Å². The van der Waals surface area contributed by atoms with Crippen LogP contribution < -0.4 is 0 Å². The van der Waals surface area contributed by atoms with E-state index in [1.807, 2.05) is 11.3 Å². The van der Waals surface area contributed by atoms with Crippen LogP contribution in [0.5, 0.6) is 0 Å². The third-order valence-electron chi connectivity index (χ3n) is 3.62. The Morgan fingerprint density at radius 1 is 0.812 bits per heavy atom. The predicted octanol–water partition coefficient (Wildman–Crippen LogP) is 5.28. The highest BCUT2D eigenvalue weighted by molar-refractivity contribution is 7.12. The van der Waals surface area contributed by atoms with Crippen LogP contribution in [0.25, 0.3) is 0 Å². The number of thiophene rings is 1. The highest BCUT2D eigenvalue weighted by Gasteiger charge is 2.07. The van der Waals surface area contributed by atoms with E-state index in [9.17, 15) is 0 Å². The van der Waals surface area contributed by atoms with Crippen molar-refractivity contribution in [2.75, 3.05) is 0 Å². The monoisotopic (exact) mass is 236 g/mol. The zero-order valence-electron chi connectivity index (χ0n) is 10.6. The van der Waals surface area contributed by atoms with Gasteiger partial charge in [0, 0.05) is 9.75 Å². The van der Waals surface area contributed by atoms with Gasteiger partial charge in [0.15, 0.2) is 0 Å². The Morgan fingerprint density at radius 2 is 1.38 bits per heavy atom. The van der Waals surface area contributed by atoms with Crippen LogP contribution in [0.3, 0.4) is 0 Å². The number of rotatable bonds is 0. The maximum absolute atomic E-state index is 2.44. The molecule has 0 atom stereocenters. The van der Waals surface area contributed by atoms with Crippen LogP contribution in [0.4, 0.5) is 0 Å². The lowest BCUT2D eigenvalue weighted by atomic mass is 10.0. The average molecular weight is 236 g/mol. The molecule has 1 heterocycles. The second kappa shape index (κ2) is 6.44. The van der Waals surface area contributed by atoms with Crippen LogP contribution in [-0.2, 0) is 12.8 Å². The minimum Gasteiger partial charge on any atom is -0.145 e. The van der Waals surface area contributed by atoms with E-state index < -0.39 is 0 Å². The van der Waals surface area contributed by atoms with E-state index in [4.69, 9.17) is 0 Å². The Morgan fingerprint density at radius 3 is 2.06 bits per heavy atom. The molecule has 0 aromatic carbocycles. The van der Waals surface area contributed by atoms with E-state index in [1.54, 1.807) is 10.4 Å². The van der Waals surface area contributed by atoms with Gasteiger partial charge in [-0.1, -0.05) is 38.5 Å². The van der Waals surface area contributed by atoms with E-state index >= 15 is 0 Å². The third kappa shape index (κ3) is 3.62. The van der Waals surface area contributed by atoms with Gasteiger partial charge in [-0.25, -0.2) is 0 Å². The van der Waals surface area contributed by atoms with Gasteiger partial charge >= 0.3 is 0 Å². The van der Waals surface area contributed by atoms with E-state index in [0.717, 1.165) is 0 Å². The molecule has 1 aliphatic carbocycles. The van der Waals surface area contributed by atoms with Gasteiger partial charge in [-0.15, -0.1) is 11.3 Å². The molecule has 0 nitrogen and oxygen atoms in total. The Labute approximate surface area is 104 Å². The van der Waals surface area contributed by atoms with Crippen LogP contribution in [0, 0.1) is 6.92 Å². The Hall–Kier alpha value is -0.300. The second-order valence-electron chi connectivity index (χ2n) is 5.13. The normalized spacial score (nSPS) is 19.6. The quantitative estimate of drug-likeness (QED) is 0.575. The van der Waals surface area contributed by atoms with Crippen molar-refractivity contribution < 1.29 is 0 Å². The van der Waals surface area contributed by atoms with Crippen molar-refractivity contribution in [3.05, 3.63) is 21.4 Å². The summed E-state index contributed by atoms with van der Waals surface area (Å²) in [4.78, 5) is 3.21. The zero-order valence-corrected chi connectivity index (χ0v) is 11.4. The minimum absolute atomic E-state index is 1.33. The summed E-state index contributed by atoms with van der Waals surface area (Å²) < 4.78 is 0. The first-order chi connectivity index (χ1) is 7.86. The molecule has 2 rings (SSSR count). The summed E-state index contributed by atoms with van der Waals surface area (Å²) in [6.07, 6.45) is 14.2. The molecule has 1 aromatic rings. The zero-order chi connectivity index (χ0) is 11.2. The molecule has 0 saturated carbocycles. The van der Waals surface area contributed by atoms with Crippen LogP contribution in [0.15, 0.2) is 6.07 Å². The lowest BCUT2D eigenvalue weighted by molar-refractivity contribution is 0.561. The van der Waals surface area contributed by atoms with Crippen molar-refractivity contribution in [3.63, 3.8) is 0 Å². The van der Waals surface area contributed by atoms with Gasteiger partial charge in [0.1, 0.15) is 0 Å². The van der Waals surface area contributed by atoms with Gasteiger partial charge in [0.2, 0.25) is 0 Å². The van der Waals surface area contributed by atoms with Crippen molar-refractivity contribution >= 4 is 11.3 Å². The van der Waals surface area contributed by atoms with Crippen LogP contribution in [-0.4, -0.2) is 0 Å². The van der Waals surface area contributed by atoms with Crippen molar-refractivity contribution in [1.29, 1.82) is 0 Å². The van der Waals surface area contributed by atoms with Crippen molar-refractivity contribution in [2.24, 2.45) is 0 Å². The molecule has 1 aliphatic rings. The summed E-state index contributed by atoms with van der Waals surface area (Å²) in [5.41, 5.74) is 1.67. The van der Waals surface area contributed by atoms with Crippen LogP contribution in [0.1, 0.15) is 66.7 Å². The maximum Gasteiger partial charge on any atom is 0.00800 e. The van der Waals surface area contributed by atoms with E-state index in [-0.39, 0.29) is 0 Å². The summed E-state index contributed by atoms with van der Waals surface area (Å²) in [5.74, 6) is 0. The van der Waals surface area contributed by atoms with Gasteiger partial charge in [-0.3, -0.25) is 0 Å². The molecule has 0 spiro atoms. The Kier molecular flexibility index (Phi) is 4.90. The Balaban J connectivity index is 1.99. The summed E-state index contributed by atoms with van der Waals surface area (Å²) in [6, 6.07) is 2.44. The fourth-order valence-corrected chi connectivity index (χ4v) is 3.83. The molecule has 0 amide bonds. The molecule has 0 fully saturated rings. The highest BCUT2D eigenvalue weighted by atomic mass is 32.1. The first-order valence-electron chi connectivity index (χ1n) is 6.94. The third-order valence-corrected chi connectivity index (χ3v) is 4.77. The second-order valence-corrected chi connectivity index (χ2v) is 6.47. The van der Waals surface area contributed by atoms with Crippen molar-refractivity contribution in [1.82, 2.24) is 0 Å². The van der Waals surface area contributed by atoms with Gasteiger partial charge in [0.25, 0.3) is 0 Å². The average Bonchev–Trinajstić information content (AvgIpc) is 2.59. The SMILES string of the molecule is Cc1cc2c(s1)CCCCCCCCCC2. The molecule has 90 valence electrons. The molecule has 0 radical (unpaired) electrons. The molecule has 1 heteroatoms. The van der Waals surface area contributed by atoms with Crippen molar-refractivity contribution in [3.8, 4) is 0 Å². The number of fused-ring (bicyclic) bond motifs is 1. The fourth-order valence-electron chi connectivity index (χ4n) is 2.70. The summed E-state index contributed by atoms with van der Waals surface area (Å²) in [5, 5.41) is 0. The first-order valence-corrected chi connectivity index (χ1v) is 7.76. The molecule has 0 bridgehead atoms. The first kappa shape index (κ1) is 12.2. The maximum atomic E-state index is 2.44. The molecular formula is C15H24S. The van der Waals surface area contributed by atoms with Gasteiger partial charge in [0.05, 0.1) is 0 Å². The van der Waals surface area contributed by atoms with E-state index in [0.29, 0.717) is 0 Å². The molecule has 0 aliphatic heterocycles. The summed E-state index contributed by atoms with van der Waals surface area (Å²) in [7, 11) is 0. The largest absolute Gasteiger partial charge is 0.145 e. The Bertz CT molecular complexity index is 282. The van der Waals surface area contributed by atoms with Crippen molar-refractivity contribution in [2.45, 2.75) is 71.1 Å². The molecular weight excluding hydrogens is 212 g/mol. The fraction of sp³-hybridized carbons (Fsp3) is 0.733. The molecule has 0 unspecified atom stereocenters. The molecule has 0 saturated heterocycles. The van der Waals surface area contributed by atoms with E-state index in [1.165, 1.54) is 69.1 Å². The smallest absolute Gasteiger partial charge is 0.00800 e. The van der Waals surface area contributed by atoms with Crippen LogP contribution >= 0.6 is 11.3 Å². The molecule has 0 N–H and O–H groups in total. The predicted molar refractivity (Wildman–Crippen MR) is 73.4 cm³/mol. The van der Waals surface area contributed by atoms with Gasteiger partial charge < -0.3 is 0 Å². The summed E-state index contributed by atoms with van der Waals surface area (Å²) in [6.45, 7) is 2.26. The van der Waals surface area contributed by atoms with E-state index in [2.05, 4.69) is 13.0 Å². The number of aryl methyl sites for hydroxylation is 3. The minimum atomic E-state index is 1.33. The van der Waals surface area contributed by atoms with Crippen LogP contribution in [0.2, 0.25) is 0 Å². The standard InChI is InChI=1S/C15H24S/c1-13-12-14-10-8-6-4-2-3-5-7-9-11-15(14)16-13/h12H,2-11H2,1H3. The highest BCUT2D eigenvalue weighted by Crippen LogP contribution is 2.26. The lowest BCUT2D eigenvalue weighted by Gasteiger charge is -2.07.